The quantitative estimate of drug-likeness (QED) is 0.840. The predicted molar refractivity (Wildman–Crippen MR) is 98.1 cm³/mol. The molecule has 2 aliphatic rings. The van der Waals surface area contributed by atoms with Crippen LogP contribution in [0.4, 0.5) is 13.2 Å². The zero-order valence-electron chi connectivity index (χ0n) is 15.4. The van der Waals surface area contributed by atoms with Crippen molar-refractivity contribution in [3.05, 3.63) is 52.8 Å². The molecule has 4 rings (SSSR count). The number of carbonyl (C=O) groups is 1. The molecule has 0 aliphatic carbocycles. The van der Waals surface area contributed by atoms with E-state index in [2.05, 4.69) is 15.5 Å². The van der Waals surface area contributed by atoms with E-state index >= 15 is 0 Å². The van der Waals surface area contributed by atoms with Crippen LogP contribution in [0.2, 0.25) is 0 Å². The zero-order valence-corrected chi connectivity index (χ0v) is 15.4. The fourth-order valence-corrected chi connectivity index (χ4v) is 4.11. The lowest BCUT2D eigenvalue weighted by molar-refractivity contribution is -0.137. The first-order valence-corrected chi connectivity index (χ1v) is 9.64. The largest absolute Gasteiger partial charge is 0.416 e. The van der Waals surface area contributed by atoms with E-state index in [4.69, 9.17) is 0 Å². The van der Waals surface area contributed by atoms with Gasteiger partial charge in [-0.1, -0.05) is 12.1 Å². The molecule has 1 aromatic carbocycles. The molecule has 1 aromatic heterocycles. The van der Waals surface area contributed by atoms with Crippen LogP contribution in [0.25, 0.3) is 0 Å². The molecular formula is C20H23F3N4O. The standard InChI is InChI=1S/C20H23F3N4O/c21-20(22,23)16-3-1-13(2-4-16)15-7-10-27(12-15)19(28)18-11-17(25-26-18)14-5-8-24-9-6-14/h1-4,11,14-15,24H,5-10,12H2,(H,25,26). The van der Waals surface area contributed by atoms with E-state index in [1.807, 2.05) is 6.07 Å². The van der Waals surface area contributed by atoms with Crippen LogP contribution in [0.5, 0.6) is 0 Å². The summed E-state index contributed by atoms with van der Waals surface area (Å²) in [4.78, 5) is 14.5. The number of aromatic amines is 1. The summed E-state index contributed by atoms with van der Waals surface area (Å²) in [5, 5.41) is 10.5. The molecular weight excluding hydrogens is 369 g/mol. The van der Waals surface area contributed by atoms with Gasteiger partial charge in [0.25, 0.3) is 5.91 Å². The lowest BCUT2D eigenvalue weighted by Crippen LogP contribution is -2.28. The fourth-order valence-electron chi connectivity index (χ4n) is 4.11. The molecule has 0 bridgehead atoms. The summed E-state index contributed by atoms with van der Waals surface area (Å²) < 4.78 is 38.2. The summed E-state index contributed by atoms with van der Waals surface area (Å²) in [6.07, 6.45) is -1.55. The van der Waals surface area contributed by atoms with Crippen LogP contribution >= 0.6 is 0 Å². The van der Waals surface area contributed by atoms with Crippen molar-refractivity contribution in [2.45, 2.75) is 37.3 Å². The normalized spacial score (nSPS) is 21.2. The molecule has 5 nitrogen and oxygen atoms in total. The van der Waals surface area contributed by atoms with E-state index in [1.165, 1.54) is 12.1 Å². The minimum absolute atomic E-state index is 0.0501. The van der Waals surface area contributed by atoms with E-state index in [0.29, 0.717) is 24.7 Å². The van der Waals surface area contributed by atoms with Crippen LogP contribution in [-0.2, 0) is 6.18 Å². The molecule has 1 amide bonds. The lowest BCUT2D eigenvalue weighted by Gasteiger charge is -2.20. The van der Waals surface area contributed by atoms with Crippen molar-refractivity contribution >= 4 is 5.91 Å². The minimum atomic E-state index is -4.33. The number of amides is 1. The van der Waals surface area contributed by atoms with Crippen molar-refractivity contribution in [1.29, 1.82) is 0 Å². The first-order chi connectivity index (χ1) is 13.4. The second-order valence-electron chi connectivity index (χ2n) is 7.59. The van der Waals surface area contributed by atoms with Gasteiger partial charge in [-0.25, -0.2) is 0 Å². The maximum atomic E-state index is 12.8. The molecule has 150 valence electrons. The summed E-state index contributed by atoms with van der Waals surface area (Å²) in [6.45, 7) is 3.02. The van der Waals surface area contributed by atoms with Gasteiger partial charge in [0.05, 0.1) is 5.56 Å². The van der Waals surface area contributed by atoms with Gasteiger partial charge in [0.2, 0.25) is 0 Å². The highest BCUT2D eigenvalue weighted by molar-refractivity contribution is 5.92. The number of likely N-dealkylation sites (tertiary alicyclic amines) is 1. The number of H-pyrrole nitrogens is 1. The number of alkyl halides is 3. The minimum Gasteiger partial charge on any atom is -0.337 e. The molecule has 0 saturated carbocycles. The van der Waals surface area contributed by atoms with Crippen LogP contribution in [0.1, 0.15) is 58.4 Å². The molecule has 8 heteroatoms. The molecule has 28 heavy (non-hydrogen) atoms. The summed E-state index contributed by atoms with van der Waals surface area (Å²) in [5.74, 6) is 0.327. The third-order valence-electron chi connectivity index (χ3n) is 5.78. The maximum absolute atomic E-state index is 12.8. The fraction of sp³-hybridized carbons (Fsp3) is 0.500. The number of hydrogen-bond donors (Lipinski definition) is 2. The van der Waals surface area contributed by atoms with Crippen molar-refractivity contribution in [3.8, 4) is 0 Å². The van der Waals surface area contributed by atoms with Crippen LogP contribution in [0.15, 0.2) is 30.3 Å². The third kappa shape index (κ3) is 3.92. The molecule has 3 heterocycles. The zero-order chi connectivity index (χ0) is 19.7. The van der Waals surface area contributed by atoms with Crippen molar-refractivity contribution in [3.63, 3.8) is 0 Å². The highest BCUT2D eigenvalue weighted by atomic mass is 19.4. The van der Waals surface area contributed by atoms with Gasteiger partial charge in [0, 0.05) is 30.6 Å². The number of carbonyl (C=O) groups excluding carboxylic acids is 1. The molecule has 1 unspecified atom stereocenters. The molecule has 2 N–H and O–H groups in total. The predicted octanol–water partition coefficient (Wildman–Crippen LogP) is 3.53. The monoisotopic (exact) mass is 392 g/mol. The highest BCUT2D eigenvalue weighted by Crippen LogP contribution is 2.33. The molecule has 0 spiro atoms. The Hall–Kier alpha value is -2.35. The van der Waals surface area contributed by atoms with Gasteiger partial charge in [-0.15, -0.1) is 0 Å². The van der Waals surface area contributed by atoms with Crippen LogP contribution in [0.3, 0.4) is 0 Å². The van der Waals surface area contributed by atoms with E-state index in [0.717, 1.165) is 55.7 Å². The van der Waals surface area contributed by atoms with E-state index in [1.54, 1.807) is 4.90 Å². The van der Waals surface area contributed by atoms with Crippen LogP contribution < -0.4 is 5.32 Å². The van der Waals surface area contributed by atoms with Crippen LogP contribution in [0, 0.1) is 0 Å². The van der Waals surface area contributed by atoms with Gasteiger partial charge in [0.15, 0.2) is 0 Å². The van der Waals surface area contributed by atoms with Crippen molar-refractivity contribution < 1.29 is 18.0 Å². The Kier molecular flexibility index (Phi) is 5.14. The Balaban J connectivity index is 1.40. The van der Waals surface area contributed by atoms with E-state index in [-0.39, 0.29) is 11.8 Å². The van der Waals surface area contributed by atoms with Crippen molar-refractivity contribution in [2.24, 2.45) is 0 Å². The van der Waals surface area contributed by atoms with E-state index < -0.39 is 11.7 Å². The number of hydrogen-bond acceptors (Lipinski definition) is 3. The lowest BCUT2D eigenvalue weighted by atomic mass is 9.94. The molecule has 2 aromatic rings. The smallest absolute Gasteiger partial charge is 0.337 e. The molecule has 1 atom stereocenters. The number of nitrogens with zero attached hydrogens (tertiary/aromatic N) is 2. The number of aromatic nitrogens is 2. The molecule has 2 saturated heterocycles. The summed E-state index contributed by atoms with van der Waals surface area (Å²) in [5.41, 5.74) is 1.61. The van der Waals surface area contributed by atoms with Gasteiger partial charge in [0.1, 0.15) is 5.69 Å². The van der Waals surface area contributed by atoms with Gasteiger partial charge in [-0.2, -0.15) is 18.3 Å². The molecule has 2 aliphatic heterocycles. The maximum Gasteiger partial charge on any atom is 0.416 e. The summed E-state index contributed by atoms with van der Waals surface area (Å²) >= 11 is 0. The number of benzene rings is 1. The Bertz CT molecular complexity index is 825. The molecule has 0 radical (unpaired) electrons. The Morgan fingerprint density at radius 1 is 1.07 bits per heavy atom. The number of halogens is 3. The van der Waals surface area contributed by atoms with Gasteiger partial charge >= 0.3 is 6.18 Å². The number of piperidine rings is 1. The van der Waals surface area contributed by atoms with Gasteiger partial charge in [-0.05, 0) is 56.1 Å². The number of rotatable bonds is 3. The SMILES string of the molecule is O=C(c1cc(C2CCNCC2)[nH]n1)N1CCC(c2ccc(C(F)(F)F)cc2)C1. The Labute approximate surface area is 161 Å². The number of nitrogens with one attached hydrogen (secondary N) is 2. The van der Waals surface area contributed by atoms with Crippen LogP contribution in [-0.4, -0.2) is 47.2 Å². The summed E-state index contributed by atoms with van der Waals surface area (Å²) in [6, 6.07) is 7.11. The first kappa shape index (κ1) is 19.0. The first-order valence-electron chi connectivity index (χ1n) is 9.64. The highest BCUT2D eigenvalue weighted by Gasteiger charge is 2.32. The van der Waals surface area contributed by atoms with E-state index in [9.17, 15) is 18.0 Å². The summed E-state index contributed by atoms with van der Waals surface area (Å²) in [7, 11) is 0. The topological polar surface area (TPSA) is 61.0 Å². The van der Waals surface area contributed by atoms with Crippen molar-refractivity contribution in [1.82, 2.24) is 20.4 Å². The van der Waals surface area contributed by atoms with Crippen molar-refractivity contribution in [2.75, 3.05) is 26.2 Å². The average molecular weight is 392 g/mol. The Morgan fingerprint density at radius 3 is 2.46 bits per heavy atom. The second kappa shape index (κ2) is 7.58. The van der Waals surface area contributed by atoms with Gasteiger partial charge in [-0.3, -0.25) is 9.89 Å². The second-order valence-corrected chi connectivity index (χ2v) is 7.59. The average Bonchev–Trinajstić information content (AvgIpc) is 3.38. The molecule has 2 fully saturated rings. The van der Waals surface area contributed by atoms with Gasteiger partial charge < -0.3 is 10.2 Å². The third-order valence-corrected chi connectivity index (χ3v) is 5.78. The Morgan fingerprint density at radius 2 is 1.79 bits per heavy atom.